The highest BCUT2D eigenvalue weighted by Gasteiger charge is 2.29. The van der Waals surface area contributed by atoms with Crippen molar-refractivity contribution in [2.24, 2.45) is 5.92 Å². The number of benzene rings is 1. The summed E-state index contributed by atoms with van der Waals surface area (Å²) in [5.74, 6) is 1.50. The van der Waals surface area contributed by atoms with Crippen LogP contribution in [0.2, 0.25) is 0 Å². The van der Waals surface area contributed by atoms with Gasteiger partial charge in [-0.3, -0.25) is 0 Å². The molecule has 0 aromatic heterocycles. The first-order valence-corrected chi connectivity index (χ1v) is 5.92. The smallest absolute Gasteiger partial charge is 0.161 e. The first-order chi connectivity index (χ1) is 7.97. The highest BCUT2D eigenvalue weighted by Crippen LogP contribution is 2.36. The summed E-state index contributed by atoms with van der Waals surface area (Å²) in [6.07, 6.45) is 0.918. The van der Waals surface area contributed by atoms with E-state index in [-0.39, 0.29) is 5.92 Å². The normalized spacial score (nSPS) is 16.1. The minimum absolute atomic E-state index is 0.181. The van der Waals surface area contributed by atoms with Gasteiger partial charge < -0.3 is 14.6 Å². The summed E-state index contributed by atoms with van der Waals surface area (Å²) in [7, 11) is 3.20. The molecule has 1 rings (SSSR count). The fourth-order valence-electron chi connectivity index (χ4n) is 1.83. The molecule has 0 saturated heterocycles. The van der Waals surface area contributed by atoms with Crippen LogP contribution in [0.4, 0.5) is 0 Å². The van der Waals surface area contributed by atoms with Crippen LogP contribution in [0.25, 0.3) is 0 Å². The summed E-state index contributed by atoms with van der Waals surface area (Å²) < 4.78 is 10.4. The van der Waals surface area contributed by atoms with Crippen LogP contribution in [0.1, 0.15) is 32.8 Å². The molecule has 1 aromatic rings. The van der Waals surface area contributed by atoms with Crippen molar-refractivity contribution >= 4 is 0 Å². The Labute approximate surface area is 103 Å². The van der Waals surface area contributed by atoms with Gasteiger partial charge in [0, 0.05) is 0 Å². The highest BCUT2D eigenvalue weighted by atomic mass is 16.5. The zero-order valence-electron chi connectivity index (χ0n) is 11.3. The molecule has 0 aliphatic rings. The Bertz CT molecular complexity index is 372. The number of rotatable bonds is 5. The van der Waals surface area contributed by atoms with Gasteiger partial charge in [-0.05, 0) is 30.5 Å². The van der Waals surface area contributed by atoms with Crippen LogP contribution in [0, 0.1) is 5.92 Å². The second-order valence-electron chi connectivity index (χ2n) is 4.53. The van der Waals surface area contributed by atoms with E-state index in [1.807, 2.05) is 32.0 Å². The summed E-state index contributed by atoms with van der Waals surface area (Å²) in [5, 5.41) is 10.5. The van der Waals surface area contributed by atoms with Gasteiger partial charge in [0.25, 0.3) is 0 Å². The Balaban J connectivity index is 3.15. The quantitative estimate of drug-likeness (QED) is 0.857. The van der Waals surface area contributed by atoms with Crippen LogP contribution in [-0.2, 0) is 5.60 Å². The number of methoxy groups -OCH3 is 2. The molecule has 0 aliphatic heterocycles. The van der Waals surface area contributed by atoms with Crippen molar-refractivity contribution < 1.29 is 14.6 Å². The zero-order valence-corrected chi connectivity index (χ0v) is 11.3. The Kier molecular flexibility index (Phi) is 4.40. The van der Waals surface area contributed by atoms with E-state index in [1.54, 1.807) is 14.2 Å². The zero-order chi connectivity index (χ0) is 13.1. The molecule has 0 aliphatic carbocycles. The Morgan fingerprint density at radius 2 is 1.82 bits per heavy atom. The summed E-state index contributed by atoms with van der Waals surface area (Å²) in [6, 6.07) is 5.55. The van der Waals surface area contributed by atoms with Gasteiger partial charge in [-0.15, -0.1) is 0 Å². The number of aliphatic hydroxyl groups is 1. The molecule has 3 nitrogen and oxygen atoms in total. The molecular formula is C14H22O3. The molecule has 17 heavy (non-hydrogen) atoms. The van der Waals surface area contributed by atoms with E-state index in [2.05, 4.69) is 6.92 Å². The predicted octanol–water partition coefficient (Wildman–Crippen LogP) is 2.96. The molecule has 3 heteroatoms. The molecule has 0 bridgehead atoms. The fourth-order valence-corrected chi connectivity index (χ4v) is 1.83. The second-order valence-corrected chi connectivity index (χ2v) is 4.53. The Morgan fingerprint density at radius 3 is 2.29 bits per heavy atom. The molecule has 1 aromatic carbocycles. The SMILES string of the molecule is CCC(C)C(C)(O)c1ccc(OC)c(OC)c1. The van der Waals surface area contributed by atoms with Crippen molar-refractivity contribution in [2.75, 3.05) is 14.2 Å². The minimum atomic E-state index is -0.853. The third-order valence-corrected chi connectivity index (χ3v) is 3.54. The van der Waals surface area contributed by atoms with Gasteiger partial charge in [-0.2, -0.15) is 0 Å². The van der Waals surface area contributed by atoms with Crippen molar-refractivity contribution in [2.45, 2.75) is 32.8 Å². The minimum Gasteiger partial charge on any atom is -0.493 e. The predicted molar refractivity (Wildman–Crippen MR) is 68.6 cm³/mol. The maximum atomic E-state index is 10.5. The average molecular weight is 238 g/mol. The summed E-state index contributed by atoms with van der Waals surface area (Å²) in [6.45, 7) is 5.94. The van der Waals surface area contributed by atoms with Gasteiger partial charge >= 0.3 is 0 Å². The van der Waals surface area contributed by atoms with Crippen LogP contribution in [0.5, 0.6) is 11.5 Å². The lowest BCUT2D eigenvalue weighted by Crippen LogP contribution is -2.29. The monoisotopic (exact) mass is 238 g/mol. The topological polar surface area (TPSA) is 38.7 Å². The molecule has 0 radical (unpaired) electrons. The van der Waals surface area contributed by atoms with Crippen molar-refractivity contribution in [1.82, 2.24) is 0 Å². The molecule has 2 unspecified atom stereocenters. The van der Waals surface area contributed by atoms with Crippen LogP contribution in [-0.4, -0.2) is 19.3 Å². The third-order valence-electron chi connectivity index (χ3n) is 3.54. The van der Waals surface area contributed by atoms with Gasteiger partial charge in [0.15, 0.2) is 11.5 Å². The molecule has 0 heterocycles. The first kappa shape index (κ1) is 13.8. The molecular weight excluding hydrogens is 216 g/mol. The summed E-state index contributed by atoms with van der Waals surface area (Å²) in [5.41, 5.74) is -0.00149. The molecule has 1 N–H and O–H groups in total. The van der Waals surface area contributed by atoms with Crippen molar-refractivity contribution in [3.63, 3.8) is 0 Å². The van der Waals surface area contributed by atoms with E-state index < -0.39 is 5.60 Å². The molecule has 96 valence electrons. The van der Waals surface area contributed by atoms with Gasteiger partial charge in [0.2, 0.25) is 0 Å². The van der Waals surface area contributed by atoms with Gasteiger partial charge in [-0.1, -0.05) is 26.3 Å². The van der Waals surface area contributed by atoms with E-state index in [4.69, 9.17) is 9.47 Å². The van der Waals surface area contributed by atoms with Crippen molar-refractivity contribution in [3.05, 3.63) is 23.8 Å². The number of ether oxygens (including phenoxy) is 2. The van der Waals surface area contributed by atoms with E-state index in [0.717, 1.165) is 12.0 Å². The highest BCUT2D eigenvalue weighted by molar-refractivity contribution is 5.44. The number of hydrogen-bond acceptors (Lipinski definition) is 3. The molecule has 0 spiro atoms. The number of hydrogen-bond donors (Lipinski definition) is 1. The van der Waals surface area contributed by atoms with Gasteiger partial charge in [-0.25, -0.2) is 0 Å². The van der Waals surface area contributed by atoms with E-state index in [9.17, 15) is 5.11 Å². The largest absolute Gasteiger partial charge is 0.493 e. The fraction of sp³-hybridized carbons (Fsp3) is 0.571. The summed E-state index contributed by atoms with van der Waals surface area (Å²) in [4.78, 5) is 0. The first-order valence-electron chi connectivity index (χ1n) is 5.92. The van der Waals surface area contributed by atoms with Gasteiger partial charge in [0.1, 0.15) is 0 Å². The lowest BCUT2D eigenvalue weighted by atomic mass is 9.82. The standard InChI is InChI=1S/C14H22O3/c1-6-10(2)14(3,15)11-7-8-12(16-4)13(9-11)17-5/h7-10,15H,6H2,1-5H3. The maximum absolute atomic E-state index is 10.5. The van der Waals surface area contributed by atoms with Crippen molar-refractivity contribution in [1.29, 1.82) is 0 Å². The van der Waals surface area contributed by atoms with E-state index >= 15 is 0 Å². The summed E-state index contributed by atoms with van der Waals surface area (Å²) >= 11 is 0. The molecule has 2 atom stereocenters. The lowest BCUT2D eigenvalue weighted by molar-refractivity contribution is -0.000190. The van der Waals surface area contributed by atoms with Crippen LogP contribution >= 0.6 is 0 Å². The Morgan fingerprint density at radius 1 is 1.24 bits per heavy atom. The molecule has 0 fully saturated rings. The molecule has 0 amide bonds. The van der Waals surface area contributed by atoms with Gasteiger partial charge in [0.05, 0.1) is 19.8 Å². The average Bonchev–Trinajstić information content (AvgIpc) is 2.36. The third kappa shape index (κ3) is 2.72. The van der Waals surface area contributed by atoms with Crippen LogP contribution in [0.3, 0.4) is 0 Å². The van der Waals surface area contributed by atoms with Crippen molar-refractivity contribution in [3.8, 4) is 11.5 Å². The van der Waals surface area contributed by atoms with E-state index in [1.165, 1.54) is 0 Å². The van der Waals surface area contributed by atoms with Crippen LogP contribution < -0.4 is 9.47 Å². The van der Waals surface area contributed by atoms with Crippen LogP contribution in [0.15, 0.2) is 18.2 Å². The Hall–Kier alpha value is -1.22. The van der Waals surface area contributed by atoms with E-state index in [0.29, 0.717) is 11.5 Å². The lowest BCUT2D eigenvalue weighted by Gasteiger charge is -2.30. The molecule has 0 saturated carbocycles. The maximum Gasteiger partial charge on any atom is 0.161 e. The second kappa shape index (κ2) is 5.41.